The van der Waals surface area contributed by atoms with Crippen LogP contribution in [0, 0.1) is 5.82 Å². The van der Waals surface area contributed by atoms with Crippen molar-refractivity contribution < 1.29 is 27.1 Å². The van der Waals surface area contributed by atoms with Crippen molar-refractivity contribution in [3.63, 3.8) is 0 Å². The predicted octanol–water partition coefficient (Wildman–Crippen LogP) is 2.96. The lowest BCUT2D eigenvalue weighted by Crippen LogP contribution is -2.31. The maximum atomic E-state index is 14.2. The minimum atomic E-state index is -4.07. The molecule has 1 heterocycles. The fourth-order valence-corrected chi connectivity index (χ4v) is 4.71. The second-order valence-corrected chi connectivity index (χ2v) is 8.17. The molecule has 146 valence electrons. The van der Waals surface area contributed by atoms with Gasteiger partial charge in [0.05, 0.1) is 12.8 Å². The Morgan fingerprint density at radius 1 is 1.22 bits per heavy atom. The number of amides is 1. The summed E-state index contributed by atoms with van der Waals surface area (Å²) < 4.78 is 45.1. The molecule has 0 aliphatic carbocycles. The molecule has 1 amide bonds. The molecule has 7 nitrogen and oxygen atoms in total. The first kappa shape index (κ1) is 21.0. The van der Waals surface area contributed by atoms with Crippen LogP contribution in [0.2, 0.25) is 0 Å². The quantitative estimate of drug-likeness (QED) is 0.703. The van der Waals surface area contributed by atoms with Crippen LogP contribution in [0.15, 0.2) is 34.5 Å². The molecule has 0 aliphatic rings. The number of thiophene rings is 1. The number of carbonyl (C=O) groups is 2. The Morgan fingerprint density at radius 3 is 2.48 bits per heavy atom. The van der Waals surface area contributed by atoms with Crippen LogP contribution in [0.3, 0.4) is 0 Å². The zero-order valence-electron chi connectivity index (χ0n) is 15.0. The number of sulfonamides is 1. The molecular weight excluding hydrogens is 395 g/mol. The maximum absolute atomic E-state index is 14.2. The fraction of sp³-hybridized carbons (Fsp3) is 0.294. The Balaban J connectivity index is 2.37. The summed E-state index contributed by atoms with van der Waals surface area (Å²) in [6.45, 7) is 3.62. The van der Waals surface area contributed by atoms with E-state index in [2.05, 4.69) is 10.1 Å². The van der Waals surface area contributed by atoms with Gasteiger partial charge < -0.3 is 10.1 Å². The van der Waals surface area contributed by atoms with Gasteiger partial charge in [0, 0.05) is 18.7 Å². The van der Waals surface area contributed by atoms with Crippen LogP contribution in [-0.2, 0) is 14.8 Å². The Morgan fingerprint density at radius 2 is 1.89 bits per heavy atom. The third-order valence-corrected chi connectivity index (χ3v) is 6.76. The number of methoxy groups -OCH3 is 1. The first-order valence-electron chi connectivity index (χ1n) is 8.03. The van der Waals surface area contributed by atoms with Gasteiger partial charge in [-0.2, -0.15) is 4.31 Å². The number of hydrogen-bond acceptors (Lipinski definition) is 6. The summed E-state index contributed by atoms with van der Waals surface area (Å²) in [5.74, 6) is -2.22. The molecule has 0 saturated carbocycles. The largest absolute Gasteiger partial charge is 0.465 e. The summed E-state index contributed by atoms with van der Waals surface area (Å²) in [4.78, 5) is 23.8. The van der Waals surface area contributed by atoms with E-state index in [1.807, 2.05) is 0 Å². The lowest BCUT2D eigenvalue weighted by Gasteiger charge is -2.19. The highest BCUT2D eigenvalue weighted by Gasteiger charge is 2.26. The number of esters is 1. The molecule has 0 aliphatic heterocycles. The van der Waals surface area contributed by atoms with Gasteiger partial charge in [0.1, 0.15) is 15.6 Å². The molecule has 0 spiro atoms. The smallest absolute Gasteiger partial charge is 0.350 e. The zero-order chi connectivity index (χ0) is 20.2. The Bertz CT molecular complexity index is 952. The van der Waals surface area contributed by atoms with E-state index in [0.717, 1.165) is 27.8 Å². The van der Waals surface area contributed by atoms with Crippen LogP contribution >= 0.6 is 11.3 Å². The maximum Gasteiger partial charge on any atom is 0.350 e. The van der Waals surface area contributed by atoms with Crippen LogP contribution in [0.5, 0.6) is 0 Å². The van der Waals surface area contributed by atoms with Crippen molar-refractivity contribution in [3.05, 3.63) is 45.9 Å². The summed E-state index contributed by atoms with van der Waals surface area (Å²) in [5.41, 5.74) is 0.179. The molecule has 0 fully saturated rings. The molecule has 0 radical (unpaired) electrons. The molecular formula is C17H19FN2O5S2. The molecule has 1 N–H and O–H groups in total. The van der Waals surface area contributed by atoms with Gasteiger partial charge in [-0.25, -0.2) is 17.6 Å². The molecule has 0 unspecified atom stereocenters. The predicted molar refractivity (Wildman–Crippen MR) is 100 cm³/mol. The minimum absolute atomic E-state index is 0.0517. The van der Waals surface area contributed by atoms with E-state index in [4.69, 9.17) is 0 Å². The lowest BCUT2D eigenvalue weighted by molar-refractivity contribution is 0.0607. The molecule has 1 aromatic carbocycles. The van der Waals surface area contributed by atoms with E-state index in [1.165, 1.54) is 19.2 Å². The number of nitrogens with one attached hydrogen (secondary N) is 1. The number of carbonyl (C=O) groups excluding carboxylic acids is 2. The topological polar surface area (TPSA) is 92.8 Å². The molecule has 2 rings (SSSR count). The number of hydrogen-bond donors (Lipinski definition) is 1. The summed E-state index contributed by atoms with van der Waals surface area (Å²) in [6.07, 6.45) is 0. The van der Waals surface area contributed by atoms with Gasteiger partial charge in [-0.3, -0.25) is 4.79 Å². The van der Waals surface area contributed by atoms with Gasteiger partial charge >= 0.3 is 5.97 Å². The van der Waals surface area contributed by atoms with E-state index >= 15 is 0 Å². The average molecular weight is 414 g/mol. The highest BCUT2D eigenvalue weighted by Crippen LogP contribution is 2.25. The van der Waals surface area contributed by atoms with Gasteiger partial charge in [0.2, 0.25) is 10.0 Å². The summed E-state index contributed by atoms with van der Waals surface area (Å²) in [5, 5.41) is 4.12. The van der Waals surface area contributed by atoms with Gasteiger partial charge in [0.25, 0.3) is 5.91 Å². The van der Waals surface area contributed by atoms with Gasteiger partial charge in [0.15, 0.2) is 0 Å². The Kier molecular flexibility index (Phi) is 6.68. The molecule has 27 heavy (non-hydrogen) atoms. The van der Waals surface area contributed by atoms with E-state index in [1.54, 1.807) is 19.2 Å². The zero-order valence-corrected chi connectivity index (χ0v) is 16.6. The van der Waals surface area contributed by atoms with Crippen molar-refractivity contribution in [1.29, 1.82) is 0 Å². The SMILES string of the molecule is CCN(CC)S(=O)(=O)c1cc(C(=O)Nc2ccsc2C(=O)OC)ccc1F. The fourth-order valence-electron chi connectivity index (χ4n) is 2.40. The Labute approximate surface area is 160 Å². The number of ether oxygens (including phenoxy) is 1. The van der Waals surface area contributed by atoms with Crippen LogP contribution in [0.4, 0.5) is 10.1 Å². The lowest BCUT2D eigenvalue weighted by atomic mass is 10.2. The van der Waals surface area contributed by atoms with E-state index < -0.39 is 32.6 Å². The molecule has 2 aromatic rings. The van der Waals surface area contributed by atoms with Crippen molar-refractivity contribution in [2.24, 2.45) is 0 Å². The second kappa shape index (κ2) is 8.59. The number of halogens is 1. The first-order valence-corrected chi connectivity index (χ1v) is 10.3. The van der Waals surface area contributed by atoms with E-state index in [-0.39, 0.29) is 29.2 Å². The van der Waals surface area contributed by atoms with Crippen LogP contribution < -0.4 is 5.32 Å². The van der Waals surface area contributed by atoms with Crippen molar-refractivity contribution in [1.82, 2.24) is 4.31 Å². The standard InChI is InChI=1S/C17H19FN2O5S2/c1-4-20(5-2)27(23,24)14-10-11(6-7-12(14)18)16(21)19-13-8-9-26-15(13)17(22)25-3/h6-10H,4-5H2,1-3H3,(H,19,21). The van der Waals surface area contributed by atoms with Crippen molar-refractivity contribution >= 4 is 38.9 Å². The van der Waals surface area contributed by atoms with Crippen molar-refractivity contribution in [2.75, 3.05) is 25.5 Å². The molecule has 1 aromatic heterocycles. The summed E-state index contributed by atoms with van der Waals surface area (Å²) in [6, 6.07) is 4.62. The van der Waals surface area contributed by atoms with Crippen molar-refractivity contribution in [2.45, 2.75) is 18.7 Å². The highest BCUT2D eigenvalue weighted by molar-refractivity contribution is 7.89. The van der Waals surface area contributed by atoms with E-state index in [9.17, 15) is 22.4 Å². The van der Waals surface area contributed by atoms with Gasteiger partial charge in [-0.15, -0.1) is 11.3 Å². The second-order valence-electron chi connectivity index (χ2n) is 5.34. The van der Waals surface area contributed by atoms with Crippen LogP contribution in [-0.4, -0.2) is 44.8 Å². The molecule has 0 atom stereocenters. The van der Waals surface area contributed by atoms with Crippen molar-refractivity contribution in [3.8, 4) is 0 Å². The van der Waals surface area contributed by atoms with Crippen LogP contribution in [0.1, 0.15) is 33.9 Å². The third kappa shape index (κ3) is 4.34. The molecule has 10 heteroatoms. The normalized spacial score (nSPS) is 11.4. The first-order chi connectivity index (χ1) is 12.8. The van der Waals surface area contributed by atoms with Crippen LogP contribution in [0.25, 0.3) is 0 Å². The molecule has 0 saturated heterocycles. The average Bonchev–Trinajstić information content (AvgIpc) is 3.10. The highest BCUT2D eigenvalue weighted by atomic mass is 32.2. The molecule has 0 bridgehead atoms. The number of rotatable bonds is 7. The summed E-state index contributed by atoms with van der Waals surface area (Å²) in [7, 11) is -2.85. The van der Waals surface area contributed by atoms with Gasteiger partial charge in [-0.05, 0) is 29.6 Å². The third-order valence-electron chi connectivity index (χ3n) is 3.80. The summed E-state index contributed by atoms with van der Waals surface area (Å²) >= 11 is 1.09. The minimum Gasteiger partial charge on any atom is -0.465 e. The van der Waals surface area contributed by atoms with Gasteiger partial charge in [-0.1, -0.05) is 13.8 Å². The van der Waals surface area contributed by atoms with E-state index in [0.29, 0.717) is 0 Å². The monoisotopic (exact) mass is 414 g/mol. The Hall–Kier alpha value is -2.30. The number of anilines is 1. The number of benzene rings is 1. The number of nitrogens with zero attached hydrogens (tertiary/aromatic N) is 1.